The van der Waals surface area contributed by atoms with Gasteiger partial charge in [-0.05, 0) is 86.9 Å². The summed E-state index contributed by atoms with van der Waals surface area (Å²) in [5.41, 5.74) is -1.16. The van der Waals surface area contributed by atoms with Crippen LogP contribution in [0, 0.1) is 27.1 Å². The van der Waals surface area contributed by atoms with E-state index in [2.05, 4.69) is 29.8 Å². The highest BCUT2D eigenvalue weighted by atomic mass is 79.9. The average molecular weight is 924 g/mol. The third kappa shape index (κ3) is 19.0. The number of aldehydes is 1. The van der Waals surface area contributed by atoms with E-state index in [-0.39, 0.29) is 88.7 Å². The summed E-state index contributed by atoms with van der Waals surface area (Å²) < 4.78 is 34.1. The molecule has 0 amide bonds. The Morgan fingerprint density at radius 1 is 0.458 bits per heavy atom. The number of carbonyl (C=O) groups excluding carboxylic acids is 1. The minimum absolute atomic E-state index is 0.00616. The average Bonchev–Trinajstić information content (AvgIpc) is 3.20. The van der Waals surface area contributed by atoms with Crippen molar-refractivity contribution in [1.29, 1.82) is 0 Å². The number of halogens is 1. The Bertz CT molecular complexity index is 966. The topological polar surface area (TPSA) is 275 Å². The normalized spacial score (nSPS) is 26.3. The molecule has 6 saturated heterocycles. The van der Waals surface area contributed by atoms with Crippen LogP contribution in [0.3, 0.4) is 0 Å². The SMILES string of the molecule is CC12COC(CC(CCO)(CCO)CCO)(OC1)OC2.CC12COC(CCCBr)(OC1)OC2.O=CCC(CCO)(CCO)CCO.OCCC(CCO)(CCO)CCO. The number of rotatable bonds is 27. The van der Waals surface area contributed by atoms with Gasteiger partial charge in [-0.3, -0.25) is 0 Å². The monoisotopic (exact) mass is 922 g/mol. The first-order valence-electron chi connectivity index (χ1n) is 21.1. The molecule has 17 nitrogen and oxygen atoms in total. The first kappa shape index (κ1) is 56.5. The highest BCUT2D eigenvalue weighted by Gasteiger charge is 2.54. The van der Waals surface area contributed by atoms with E-state index in [1.165, 1.54) is 0 Å². The predicted octanol–water partition coefficient (Wildman–Crippen LogP) is 1.36. The van der Waals surface area contributed by atoms with E-state index in [0.717, 1.165) is 44.3 Å². The van der Waals surface area contributed by atoms with E-state index in [1.807, 2.05) is 0 Å². The highest BCUT2D eigenvalue weighted by molar-refractivity contribution is 9.09. The molecule has 18 heteroatoms. The van der Waals surface area contributed by atoms with Crippen molar-refractivity contribution in [3.05, 3.63) is 0 Å². The molecule has 6 heterocycles. The smallest absolute Gasteiger partial charge is 0.283 e. The van der Waals surface area contributed by atoms with Crippen molar-refractivity contribution in [2.45, 2.75) is 116 Å². The second kappa shape index (κ2) is 29.1. The van der Waals surface area contributed by atoms with E-state index < -0.39 is 22.8 Å². The molecular formula is C41H79BrO17. The fourth-order valence-corrected chi connectivity index (χ4v) is 8.22. The van der Waals surface area contributed by atoms with E-state index in [0.29, 0.717) is 90.4 Å². The molecule has 6 aliphatic heterocycles. The first-order valence-corrected chi connectivity index (χ1v) is 22.2. The summed E-state index contributed by atoms with van der Waals surface area (Å²) in [6.07, 6.45) is 8.17. The van der Waals surface area contributed by atoms with E-state index in [9.17, 15) is 20.1 Å². The van der Waals surface area contributed by atoms with Gasteiger partial charge in [0.1, 0.15) is 6.29 Å². The van der Waals surface area contributed by atoms with Crippen LogP contribution in [0.25, 0.3) is 0 Å². The number of fused-ring (bicyclic) bond motifs is 6. The van der Waals surface area contributed by atoms with Gasteiger partial charge in [0, 0.05) is 101 Å². The van der Waals surface area contributed by atoms with E-state index >= 15 is 0 Å². The molecule has 0 saturated carbocycles. The summed E-state index contributed by atoms with van der Waals surface area (Å²) in [6.45, 7) is 8.24. The van der Waals surface area contributed by atoms with E-state index in [4.69, 9.17) is 64.2 Å². The van der Waals surface area contributed by atoms with Gasteiger partial charge in [-0.25, -0.2) is 0 Å². The number of hydrogen-bond acceptors (Lipinski definition) is 17. The molecule has 0 aromatic heterocycles. The van der Waals surface area contributed by atoms with Crippen LogP contribution in [0.4, 0.5) is 0 Å². The molecule has 6 rings (SSSR count). The maximum atomic E-state index is 10.4. The second-order valence-corrected chi connectivity index (χ2v) is 18.1. The molecule has 0 aromatic carbocycles. The molecule has 6 fully saturated rings. The zero-order valence-electron chi connectivity index (χ0n) is 35.7. The molecule has 0 unspecified atom stereocenters. The van der Waals surface area contributed by atoms with Crippen molar-refractivity contribution in [2.24, 2.45) is 27.1 Å². The van der Waals surface area contributed by atoms with Gasteiger partial charge in [-0.1, -0.05) is 29.8 Å². The lowest BCUT2D eigenvalue weighted by molar-refractivity contribution is -0.474. The lowest BCUT2D eigenvalue weighted by Gasteiger charge is -2.53. The van der Waals surface area contributed by atoms with Crippen molar-refractivity contribution in [1.82, 2.24) is 0 Å². The van der Waals surface area contributed by atoms with Crippen LogP contribution in [0.5, 0.6) is 0 Å². The summed E-state index contributed by atoms with van der Waals surface area (Å²) in [5.74, 6) is -1.80. The summed E-state index contributed by atoms with van der Waals surface area (Å²) in [7, 11) is 0. The van der Waals surface area contributed by atoms with Crippen LogP contribution in [0.2, 0.25) is 0 Å². The van der Waals surface area contributed by atoms with Gasteiger partial charge < -0.3 is 84.3 Å². The number of aliphatic hydroxyl groups excluding tert-OH is 10. The van der Waals surface area contributed by atoms with Crippen LogP contribution < -0.4 is 0 Å². The van der Waals surface area contributed by atoms with Gasteiger partial charge in [0.2, 0.25) is 0 Å². The Hall–Kier alpha value is -0.490. The maximum absolute atomic E-state index is 10.4. The van der Waals surface area contributed by atoms with Crippen molar-refractivity contribution in [3.63, 3.8) is 0 Å². The standard InChI is InChI=1S/C14H26O6.C9H15BrO3.C9H20O4.C9H18O4/c1-12-9-18-14(19-10-12,20-11-12)8-13(2-5-15,3-6-16)4-7-17;1-8-5-11-9(12-6-8,13-7-8)3-2-4-10;2*10-5-1-9(2-6-11,3-7-12)4-8-13/h15-17H,2-11H2,1H3;2-7H2,1H3;10-13H,1-8H2;5,11-13H,1-4,6-8H2. The van der Waals surface area contributed by atoms with Gasteiger partial charge in [0.25, 0.3) is 11.9 Å². The molecule has 0 spiro atoms. The largest absolute Gasteiger partial charge is 0.396 e. The minimum atomic E-state index is -1.09. The molecule has 0 radical (unpaired) electrons. The van der Waals surface area contributed by atoms with Crippen LogP contribution in [0.15, 0.2) is 0 Å². The van der Waals surface area contributed by atoms with Crippen LogP contribution >= 0.6 is 15.9 Å². The Kier molecular flexibility index (Phi) is 27.8. The number of ether oxygens (including phenoxy) is 6. The predicted molar refractivity (Wildman–Crippen MR) is 220 cm³/mol. The van der Waals surface area contributed by atoms with Gasteiger partial charge >= 0.3 is 0 Å². The molecule has 0 atom stereocenters. The summed E-state index contributed by atoms with van der Waals surface area (Å²) in [5, 5.41) is 90.6. The van der Waals surface area contributed by atoms with Crippen molar-refractivity contribution in [3.8, 4) is 0 Å². The number of hydrogen-bond donors (Lipinski definition) is 10. The van der Waals surface area contributed by atoms with Gasteiger partial charge in [0.15, 0.2) is 0 Å². The van der Waals surface area contributed by atoms with Gasteiger partial charge in [-0.2, -0.15) is 0 Å². The highest BCUT2D eigenvalue weighted by Crippen LogP contribution is 2.47. The Labute approximate surface area is 359 Å². The Morgan fingerprint density at radius 3 is 1.00 bits per heavy atom. The van der Waals surface area contributed by atoms with Crippen LogP contribution in [-0.4, -0.2) is 180 Å². The Balaban J connectivity index is 0.000000403. The lowest BCUT2D eigenvalue weighted by Crippen LogP contribution is -2.60. The zero-order chi connectivity index (χ0) is 44.4. The van der Waals surface area contributed by atoms with Crippen molar-refractivity contribution in [2.75, 3.05) is 111 Å². The summed E-state index contributed by atoms with van der Waals surface area (Å²) in [4.78, 5) is 10.4. The van der Waals surface area contributed by atoms with Gasteiger partial charge in [0.05, 0.1) is 39.6 Å². The third-order valence-corrected chi connectivity index (χ3v) is 12.5. The second-order valence-electron chi connectivity index (χ2n) is 17.3. The summed E-state index contributed by atoms with van der Waals surface area (Å²) >= 11 is 3.39. The molecule has 0 aliphatic carbocycles. The Morgan fingerprint density at radius 2 is 0.729 bits per heavy atom. The minimum Gasteiger partial charge on any atom is -0.396 e. The molecular weight excluding hydrogens is 844 g/mol. The summed E-state index contributed by atoms with van der Waals surface area (Å²) in [6, 6.07) is 0. The van der Waals surface area contributed by atoms with Crippen LogP contribution in [0.1, 0.15) is 104 Å². The first-order chi connectivity index (χ1) is 28.2. The van der Waals surface area contributed by atoms with Crippen LogP contribution in [-0.2, 0) is 33.2 Å². The fourth-order valence-electron chi connectivity index (χ4n) is 7.94. The molecule has 4 bridgehead atoms. The molecule has 0 aromatic rings. The maximum Gasteiger partial charge on any atom is 0.283 e. The number of aliphatic hydroxyl groups is 10. The molecule has 352 valence electrons. The fraction of sp³-hybridized carbons (Fsp3) is 0.976. The number of carbonyl (C=O) groups is 1. The van der Waals surface area contributed by atoms with Crippen molar-refractivity contribution >= 4 is 22.2 Å². The number of alkyl halides is 1. The third-order valence-electron chi connectivity index (χ3n) is 12.0. The molecule has 59 heavy (non-hydrogen) atoms. The molecule has 10 N–H and O–H groups in total. The van der Waals surface area contributed by atoms with Gasteiger partial charge in [-0.15, -0.1) is 0 Å². The van der Waals surface area contributed by atoms with E-state index in [1.54, 1.807) is 0 Å². The lowest BCUT2D eigenvalue weighted by atomic mass is 9.74. The van der Waals surface area contributed by atoms with Crippen molar-refractivity contribution < 1.29 is 84.3 Å². The zero-order valence-corrected chi connectivity index (χ0v) is 37.3. The molecule has 6 aliphatic rings. The quantitative estimate of drug-likeness (QED) is 0.0412.